The highest BCUT2D eigenvalue weighted by atomic mass is 16.5. The van der Waals surface area contributed by atoms with E-state index in [4.69, 9.17) is 9.15 Å². The third-order valence-electron chi connectivity index (χ3n) is 5.06. The number of aryl methyl sites for hydroxylation is 1. The van der Waals surface area contributed by atoms with Gasteiger partial charge in [0.15, 0.2) is 6.10 Å². The SMILES string of the molecule is CCCCc1cc(=O)oc2cc(O[C@@H](C)C(=O)N[C@H](C(=O)O)[C@@H](C)CC)ccc12. The van der Waals surface area contributed by atoms with Crippen LogP contribution < -0.4 is 15.7 Å². The highest BCUT2D eigenvalue weighted by Crippen LogP contribution is 2.24. The second kappa shape index (κ2) is 10.1. The molecule has 0 aliphatic rings. The van der Waals surface area contributed by atoms with E-state index in [0.29, 0.717) is 17.8 Å². The van der Waals surface area contributed by atoms with Gasteiger partial charge in [-0.15, -0.1) is 0 Å². The maximum absolute atomic E-state index is 12.4. The summed E-state index contributed by atoms with van der Waals surface area (Å²) in [5.74, 6) is -1.44. The zero-order valence-corrected chi connectivity index (χ0v) is 17.4. The molecule has 0 fully saturated rings. The average Bonchev–Trinajstić information content (AvgIpc) is 2.68. The summed E-state index contributed by atoms with van der Waals surface area (Å²) in [6.07, 6.45) is 2.48. The van der Waals surface area contributed by atoms with Crippen LogP contribution in [0, 0.1) is 5.92 Å². The molecule has 0 unspecified atom stereocenters. The number of rotatable bonds is 10. The molecule has 2 rings (SSSR count). The lowest BCUT2D eigenvalue weighted by Gasteiger charge is -2.22. The molecule has 2 aromatic rings. The number of carbonyl (C=O) groups excluding carboxylic acids is 1. The number of carboxylic acids is 1. The number of carbonyl (C=O) groups is 2. The van der Waals surface area contributed by atoms with Crippen LogP contribution in [-0.4, -0.2) is 29.1 Å². The van der Waals surface area contributed by atoms with Gasteiger partial charge in [-0.1, -0.05) is 33.6 Å². The van der Waals surface area contributed by atoms with Crippen molar-refractivity contribution in [2.75, 3.05) is 0 Å². The van der Waals surface area contributed by atoms with E-state index in [9.17, 15) is 19.5 Å². The van der Waals surface area contributed by atoms with Crippen LogP contribution in [0.4, 0.5) is 0 Å². The van der Waals surface area contributed by atoms with Gasteiger partial charge in [-0.25, -0.2) is 9.59 Å². The van der Waals surface area contributed by atoms with E-state index in [-0.39, 0.29) is 5.92 Å². The lowest BCUT2D eigenvalue weighted by Crippen LogP contribution is -2.49. The van der Waals surface area contributed by atoms with Crippen molar-refractivity contribution in [2.45, 2.75) is 65.5 Å². The number of ether oxygens (including phenoxy) is 1. The molecule has 29 heavy (non-hydrogen) atoms. The molecule has 1 amide bonds. The number of benzene rings is 1. The Balaban J connectivity index is 2.17. The minimum absolute atomic E-state index is 0.208. The first-order valence-corrected chi connectivity index (χ1v) is 10.0. The van der Waals surface area contributed by atoms with E-state index < -0.39 is 29.6 Å². The molecule has 1 aromatic carbocycles. The number of hydrogen-bond donors (Lipinski definition) is 2. The van der Waals surface area contributed by atoms with Gasteiger partial charge in [-0.2, -0.15) is 0 Å². The van der Waals surface area contributed by atoms with Crippen molar-refractivity contribution in [3.05, 3.63) is 40.2 Å². The molecular formula is C22H29NO6. The molecule has 1 aromatic heterocycles. The molecule has 1 heterocycles. The fourth-order valence-corrected chi connectivity index (χ4v) is 3.07. The largest absolute Gasteiger partial charge is 0.481 e. The maximum atomic E-state index is 12.4. The van der Waals surface area contributed by atoms with Crippen LogP contribution in [0.15, 0.2) is 33.5 Å². The van der Waals surface area contributed by atoms with E-state index in [2.05, 4.69) is 12.2 Å². The molecule has 3 atom stereocenters. The zero-order chi connectivity index (χ0) is 21.6. The van der Waals surface area contributed by atoms with Crippen LogP contribution in [0.5, 0.6) is 5.75 Å². The summed E-state index contributed by atoms with van der Waals surface area (Å²) in [6, 6.07) is 5.64. The monoisotopic (exact) mass is 403 g/mol. The third-order valence-corrected chi connectivity index (χ3v) is 5.06. The number of amides is 1. The Morgan fingerprint density at radius 3 is 2.55 bits per heavy atom. The van der Waals surface area contributed by atoms with Gasteiger partial charge in [0.1, 0.15) is 17.4 Å². The Bertz CT molecular complexity index is 919. The minimum atomic E-state index is -1.08. The average molecular weight is 403 g/mol. The van der Waals surface area contributed by atoms with E-state index in [0.717, 1.165) is 30.2 Å². The van der Waals surface area contributed by atoms with Crippen molar-refractivity contribution in [2.24, 2.45) is 5.92 Å². The highest BCUT2D eigenvalue weighted by Gasteiger charge is 2.28. The molecule has 7 heteroatoms. The standard InChI is InChI=1S/C22H29NO6/c1-5-7-8-15-11-19(24)29-18-12-16(9-10-17(15)18)28-14(4)21(25)23-20(22(26)27)13(3)6-2/h9-14,20H,5-8H2,1-4H3,(H,23,25)(H,26,27)/t13-,14-,20-/m0/s1. The van der Waals surface area contributed by atoms with Crippen molar-refractivity contribution >= 4 is 22.8 Å². The Kier molecular flexibility index (Phi) is 7.82. The van der Waals surface area contributed by atoms with Crippen molar-refractivity contribution in [3.8, 4) is 5.75 Å². The minimum Gasteiger partial charge on any atom is -0.481 e. The molecule has 7 nitrogen and oxygen atoms in total. The molecule has 0 aliphatic heterocycles. The molecule has 0 saturated carbocycles. The highest BCUT2D eigenvalue weighted by molar-refractivity contribution is 5.86. The lowest BCUT2D eigenvalue weighted by atomic mass is 9.99. The van der Waals surface area contributed by atoms with Gasteiger partial charge >= 0.3 is 11.6 Å². The smallest absolute Gasteiger partial charge is 0.336 e. The van der Waals surface area contributed by atoms with Crippen LogP contribution in [0.2, 0.25) is 0 Å². The zero-order valence-electron chi connectivity index (χ0n) is 17.4. The summed E-state index contributed by atoms with van der Waals surface area (Å²) >= 11 is 0. The summed E-state index contributed by atoms with van der Waals surface area (Å²) in [5, 5.41) is 12.7. The van der Waals surface area contributed by atoms with Gasteiger partial charge in [0.05, 0.1) is 0 Å². The molecule has 0 bridgehead atoms. The first-order chi connectivity index (χ1) is 13.8. The Hall–Kier alpha value is -2.83. The van der Waals surface area contributed by atoms with Gasteiger partial charge < -0.3 is 19.6 Å². The van der Waals surface area contributed by atoms with E-state index in [1.807, 2.05) is 13.0 Å². The summed E-state index contributed by atoms with van der Waals surface area (Å²) in [5.41, 5.74) is 0.898. The summed E-state index contributed by atoms with van der Waals surface area (Å²) in [7, 11) is 0. The van der Waals surface area contributed by atoms with E-state index in [1.165, 1.54) is 6.07 Å². The first kappa shape index (κ1) is 22.5. The fraction of sp³-hybridized carbons (Fsp3) is 0.500. The molecule has 0 saturated heterocycles. The van der Waals surface area contributed by atoms with Crippen molar-refractivity contribution in [1.82, 2.24) is 5.32 Å². The lowest BCUT2D eigenvalue weighted by molar-refractivity contribution is -0.144. The quantitative estimate of drug-likeness (QED) is 0.588. The number of hydrogen-bond acceptors (Lipinski definition) is 5. The maximum Gasteiger partial charge on any atom is 0.336 e. The van der Waals surface area contributed by atoms with Crippen LogP contribution >= 0.6 is 0 Å². The Morgan fingerprint density at radius 1 is 1.21 bits per heavy atom. The number of unbranched alkanes of at least 4 members (excludes halogenated alkanes) is 1. The van der Waals surface area contributed by atoms with Crippen molar-refractivity contribution < 1.29 is 23.8 Å². The second-order valence-electron chi connectivity index (χ2n) is 7.32. The molecular weight excluding hydrogens is 374 g/mol. The van der Waals surface area contributed by atoms with Crippen molar-refractivity contribution in [3.63, 3.8) is 0 Å². The molecule has 0 aliphatic carbocycles. The predicted molar refractivity (Wildman–Crippen MR) is 110 cm³/mol. The van der Waals surface area contributed by atoms with Crippen molar-refractivity contribution in [1.29, 1.82) is 0 Å². The van der Waals surface area contributed by atoms with Gasteiger partial charge in [-0.05, 0) is 43.4 Å². The number of carboxylic acid groups (broad SMARTS) is 1. The summed E-state index contributed by atoms with van der Waals surface area (Å²) in [6.45, 7) is 7.27. The Morgan fingerprint density at radius 2 is 1.93 bits per heavy atom. The number of aliphatic carboxylic acids is 1. The first-order valence-electron chi connectivity index (χ1n) is 10.0. The van der Waals surface area contributed by atoms with Gasteiger partial charge in [0.2, 0.25) is 0 Å². The molecule has 2 N–H and O–H groups in total. The predicted octanol–water partition coefficient (Wildman–Crippen LogP) is 3.52. The normalized spacial score (nSPS) is 14.2. The van der Waals surface area contributed by atoms with Crippen LogP contribution in [0.1, 0.15) is 52.5 Å². The fourth-order valence-electron chi connectivity index (χ4n) is 3.07. The molecule has 0 radical (unpaired) electrons. The van der Waals surface area contributed by atoms with E-state index >= 15 is 0 Å². The van der Waals surface area contributed by atoms with E-state index in [1.54, 1.807) is 26.0 Å². The second-order valence-corrected chi connectivity index (χ2v) is 7.32. The summed E-state index contributed by atoms with van der Waals surface area (Å²) < 4.78 is 11.0. The van der Waals surface area contributed by atoms with Crippen LogP contribution in [0.3, 0.4) is 0 Å². The van der Waals surface area contributed by atoms with Gasteiger partial charge in [-0.3, -0.25) is 4.79 Å². The molecule has 158 valence electrons. The van der Waals surface area contributed by atoms with Gasteiger partial charge in [0.25, 0.3) is 5.91 Å². The summed E-state index contributed by atoms with van der Waals surface area (Å²) in [4.78, 5) is 35.7. The third kappa shape index (κ3) is 5.82. The van der Waals surface area contributed by atoms with Crippen LogP contribution in [0.25, 0.3) is 11.0 Å². The molecule has 0 spiro atoms. The number of fused-ring (bicyclic) bond motifs is 1. The Labute approximate surface area is 170 Å². The topological polar surface area (TPSA) is 106 Å². The number of nitrogens with one attached hydrogen (secondary N) is 1. The van der Waals surface area contributed by atoms with Gasteiger partial charge in [0, 0.05) is 17.5 Å². The van der Waals surface area contributed by atoms with Crippen LogP contribution in [-0.2, 0) is 16.0 Å².